The molecule has 0 bridgehead atoms. The van der Waals surface area contributed by atoms with E-state index in [1.165, 1.54) is 11.1 Å². The third-order valence-electron chi connectivity index (χ3n) is 3.27. The maximum Gasteiger partial charge on any atom is 0.0537 e. The van der Waals surface area contributed by atoms with Gasteiger partial charge in [0.25, 0.3) is 0 Å². The average molecular weight is 243 g/mol. The Hall–Kier alpha value is -1.61. The topological polar surface area (TPSA) is 43.8 Å². The van der Waals surface area contributed by atoms with Crippen LogP contribution in [0.5, 0.6) is 0 Å². The lowest BCUT2D eigenvalue weighted by atomic mass is 10.0. The van der Waals surface area contributed by atoms with E-state index in [4.69, 9.17) is 5.73 Å². The quantitative estimate of drug-likeness (QED) is 0.877. The Morgan fingerprint density at radius 3 is 2.61 bits per heavy atom. The monoisotopic (exact) mass is 243 g/mol. The molecule has 0 aliphatic heterocycles. The van der Waals surface area contributed by atoms with Crippen molar-refractivity contribution in [3.05, 3.63) is 53.3 Å². The van der Waals surface area contributed by atoms with Crippen LogP contribution in [0.3, 0.4) is 0 Å². The molecule has 0 aliphatic carbocycles. The summed E-state index contributed by atoms with van der Waals surface area (Å²) >= 11 is 0. The molecule has 1 aromatic heterocycles. The number of aromatic nitrogens is 2. The van der Waals surface area contributed by atoms with Crippen LogP contribution in [0.25, 0.3) is 0 Å². The van der Waals surface area contributed by atoms with E-state index in [2.05, 4.69) is 43.2 Å². The highest BCUT2D eigenvalue weighted by Gasteiger charge is 2.08. The summed E-state index contributed by atoms with van der Waals surface area (Å²) in [4.78, 5) is 0. The Morgan fingerprint density at radius 2 is 2.00 bits per heavy atom. The van der Waals surface area contributed by atoms with Crippen LogP contribution < -0.4 is 5.73 Å². The molecule has 0 fully saturated rings. The summed E-state index contributed by atoms with van der Waals surface area (Å²) < 4.78 is 1.92. The molecule has 0 amide bonds. The van der Waals surface area contributed by atoms with E-state index in [0.717, 1.165) is 24.9 Å². The maximum absolute atomic E-state index is 6.19. The molecule has 0 spiro atoms. The highest BCUT2D eigenvalue weighted by Crippen LogP contribution is 2.16. The van der Waals surface area contributed by atoms with Crippen molar-refractivity contribution in [2.45, 2.75) is 39.3 Å². The summed E-state index contributed by atoms with van der Waals surface area (Å²) in [6, 6.07) is 8.73. The van der Waals surface area contributed by atoms with Crippen LogP contribution in [-0.4, -0.2) is 9.78 Å². The lowest BCUT2D eigenvalue weighted by Gasteiger charge is -2.09. The number of benzene rings is 1. The summed E-state index contributed by atoms with van der Waals surface area (Å²) in [6.07, 6.45) is 5.89. The third-order valence-corrected chi connectivity index (χ3v) is 3.27. The second-order valence-corrected chi connectivity index (χ2v) is 4.76. The first-order chi connectivity index (χ1) is 8.69. The van der Waals surface area contributed by atoms with Crippen molar-refractivity contribution in [1.29, 1.82) is 0 Å². The summed E-state index contributed by atoms with van der Waals surface area (Å²) in [5.74, 6) is 0. The predicted molar refractivity (Wildman–Crippen MR) is 74.3 cm³/mol. The van der Waals surface area contributed by atoms with Gasteiger partial charge in [0, 0.05) is 24.3 Å². The van der Waals surface area contributed by atoms with Crippen molar-refractivity contribution in [3.63, 3.8) is 0 Å². The molecule has 2 N–H and O–H groups in total. The minimum atomic E-state index is 0.0756. The molecule has 2 aromatic rings. The van der Waals surface area contributed by atoms with Crippen LogP contribution in [0.15, 0.2) is 36.7 Å². The minimum absolute atomic E-state index is 0.0756. The summed E-state index contributed by atoms with van der Waals surface area (Å²) in [5.41, 5.74) is 9.96. The fourth-order valence-electron chi connectivity index (χ4n) is 1.99. The molecular formula is C15H21N3. The Morgan fingerprint density at radius 1 is 1.28 bits per heavy atom. The van der Waals surface area contributed by atoms with Crippen molar-refractivity contribution in [1.82, 2.24) is 9.78 Å². The molecule has 1 atom stereocenters. The van der Waals surface area contributed by atoms with Gasteiger partial charge in [-0.2, -0.15) is 5.10 Å². The highest BCUT2D eigenvalue weighted by atomic mass is 15.3. The van der Waals surface area contributed by atoms with Crippen LogP contribution in [0.4, 0.5) is 0 Å². The molecule has 3 nitrogen and oxygen atoms in total. The Bertz CT molecular complexity index is 485. The van der Waals surface area contributed by atoms with Crippen molar-refractivity contribution in [2.24, 2.45) is 5.73 Å². The van der Waals surface area contributed by atoms with Gasteiger partial charge in [-0.05, 0) is 32.3 Å². The highest BCUT2D eigenvalue weighted by molar-refractivity contribution is 5.22. The van der Waals surface area contributed by atoms with Gasteiger partial charge in [0.15, 0.2) is 0 Å². The lowest BCUT2D eigenvalue weighted by Crippen LogP contribution is -2.10. The molecule has 1 heterocycles. The fourth-order valence-corrected chi connectivity index (χ4v) is 1.99. The van der Waals surface area contributed by atoms with Crippen molar-refractivity contribution >= 4 is 0 Å². The van der Waals surface area contributed by atoms with Crippen LogP contribution in [-0.2, 0) is 13.0 Å². The van der Waals surface area contributed by atoms with E-state index >= 15 is 0 Å². The molecular weight excluding hydrogens is 222 g/mol. The molecule has 1 unspecified atom stereocenters. The normalized spacial score (nSPS) is 12.6. The zero-order valence-corrected chi connectivity index (χ0v) is 11.1. The van der Waals surface area contributed by atoms with Gasteiger partial charge in [0.05, 0.1) is 6.20 Å². The van der Waals surface area contributed by atoms with Gasteiger partial charge in [-0.1, -0.05) is 29.8 Å². The smallest absolute Gasteiger partial charge is 0.0537 e. The van der Waals surface area contributed by atoms with Gasteiger partial charge in [0.2, 0.25) is 0 Å². The molecule has 0 saturated carbocycles. The van der Waals surface area contributed by atoms with Gasteiger partial charge >= 0.3 is 0 Å². The van der Waals surface area contributed by atoms with Crippen molar-refractivity contribution in [2.75, 3.05) is 0 Å². The first kappa shape index (κ1) is 12.8. The first-order valence-corrected chi connectivity index (χ1v) is 6.52. The standard InChI is InChI=1S/C15H21N3/c1-3-18-11-14(10-17-18)15(16)9-8-13-6-4-12(2)5-7-13/h4-7,10-11,15H,3,8-9,16H2,1-2H3. The van der Waals surface area contributed by atoms with Gasteiger partial charge in [-0.15, -0.1) is 0 Å². The first-order valence-electron chi connectivity index (χ1n) is 6.52. The van der Waals surface area contributed by atoms with Gasteiger partial charge in [0.1, 0.15) is 0 Å². The van der Waals surface area contributed by atoms with Crippen molar-refractivity contribution in [3.8, 4) is 0 Å². The molecule has 0 aliphatic rings. The van der Waals surface area contributed by atoms with Crippen LogP contribution >= 0.6 is 0 Å². The zero-order valence-electron chi connectivity index (χ0n) is 11.1. The number of hydrogen-bond donors (Lipinski definition) is 1. The van der Waals surface area contributed by atoms with E-state index < -0.39 is 0 Å². The van der Waals surface area contributed by atoms with E-state index in [0.29, 0.717) is 0 Å². The summed E-state index contributed by atoms with van der Waals surface area (Å²) in [5, 5.41) is 4.26. The largest absolute Gasteiger partial charge is 0.324 e. The molecule has 3 heteroatoms. The average Bonchev–Trinajstić information content (AvgIpc) is 2.86. The SMILES string of the molecule is CCn1cc(C(N)CCc2ccc(C)cc2)cn1. The predicted octanol–water partition coefficient (Wildman–Crippen LogP) is 2.84. The molecule has 2 rings (SSSR count). The van der Waals surface area contributed by atoms with Crippen LogP contribution in [0, 0.1) is 6.92 Å². The number of nitrogens with two attached hydrogens (primary N) is 1. The Balaban J connectivity index is 1.91. The number of rotatable bonds is 5. The second kappa shape index (κ2) is 5.83. The van der Waals surface area contributed by atoms with E-state index in [1.54, 1.807) is 0 Å². The maximum atomic E-state index is 6.19. The number of hydrogen-bond acceptors (Lipinski definition) is 2. The third kappa shape index (κ3) is 3.20. The van der Waals surface area contributed by atoms with E-state index in [1.807, 2.05) is 17.1 Å². The number of nitrogens with zero attached hydrogens (tertiary/aromatic N) is 2. The Kier molecular flexibility index (Phi) is 4.15. The van der Waals surface area contributed by atoms with Gasteiger partial charge in [-0.3, -0.25) is 4.68 Å². The zero-order chi connectivity index (χ0) is 13.0. The van der Waals surface area contributed by atoms with E-state index in [-0.39, 0.29) is 6.04 Å². The molecule has 1 aromatic carbocycles. The minimum Gasteiger partial charge on any atom is -0.324 e. The summed E-state index contributed by atoms with van der Waals surface area (Å²) in [7, 11) is 0. The summed E-state index contributed by atoms with van der Waals surface area (Å²) in [6.45, 7) is 5.08. The van der Waals surface area contributed by atoms with E-state index in [9.17, 15) is 0 Å². The molecule has 18 heavy (non-hydrogen) atoms. The lowest BCUT2D eigenvalue weighted by molar-refractivity contribution is 0.640. The molecule has 0 saturated heterocycles. The van der Waals surface area contributed by atoms with Crippen LogP contribution in [0.2, 0.25) is 0 Å². The Labute approximate surface area is 109 Å². The van der Waals surface area contributed by atoms with Crippen LogP contribution in [0.1, 0.15) is 36.1 Å². The number of aryl methyl sites for hydroxylation is 3. The molecule has 96 valence electrons. The van der Waals surface area contributed by atoms with Gasteiger partial charge in [-0.25, -0.2) is 0 Å². The van der Waals surface area contributed by atoms with Gasteiger partial charge < -0.3 is 5.73 Å². The molecule has 0 radical (unpaired) electrons. The second-order valence-electron chi connectivity index (χ2n) is 4.76. The van der Waals surface area contributed by atoms with Crippen molar-refractivity contribution < 1.29 is 0 Å². The fraction of sp³-hybridized carbons (Fsp3) is 0.400.